The van der Waals surface area contributed by atoms with Crippen molar-refractivity contribution in [1.82, 2.24) is 10.3 Å². The molecule has 0 aliphatic carbocycles. The number of methoxy groups -OCH3 is 1. The Morgan fingerprint density at radius 2 is 2.18 bits per heavy atom. The summed E-state index contributed by atoms with van der Waals surface area (Å²) in [7, 11) is 1.69. The molecular formula is C13H22N2O2. The third-order valence-corrected chi connectivity index (χ3v) is 2.26. The Kier molecular flexibility index (Phi) is 7.34. The maximum absolute atomic E-state index is 5.54. The number of hydrogen-bond acceptors (Lipinski definition) is 4. The first-order valence-electron chi connectivity index (χ1n) is 6.15. The zero-order valence-corrected chi connectivity index (χ0v) is 10.7. The Morgan fingerprint density at radius 3 is 2.94 bits per heavy atom. The summed E-state index contributed by atoms with van der Waals surface area (Å²) in [6.07, 6.45) is 2.02. The van der Waals surface area contributed by atoms with E-state index in [1.165, 1.54) is 0 Å². The number of hydrogen-bond donors (Lipinski definition) is 1. The van der Waals surface area contributed by atoms with Crippen LogP contribution in [0.15, 0.2) is 18.2 Å². The van der Waals surface area contributed by atoms with Gasteiger partial charge in [0.15, 0.2) is 0 Å². The lowest BCUT2D eigenvalue weighted by atomic mass is 10.3. The lowest BCUT2D eigenvalue weighted by molar-refractivity contribution is 0.170. The first-order chi connectivity index (χ1) is 8.36. The van der Waals surface area contributed by atoms with Crippen molar-refractivity contribution in [2.75, 3.05) is 26.9 Å². The first-order valence-corrected chi connectivity index (χ1v) is 6.15. The molecule has 1 N–H and O–H groups in total. The van der Waals surface area contributed by atoms with E-state index in [9.17, 15) is 0 Å². The van der Waals surface area contributed by atoms with Gasteiger partial charge in [-0.25, -0.2) is 4.98 Å². The molecule has 0 aliphatic heterocycles. The van der Waals surface area contributed by atoms with Crippen LogP contribution in [0, 0.1) is 0 Å². The van der Waals surface area contributed by atoms with Crippen LogP contribution in [0.2, 0.25) is 0 Å². The Morgan fingerprint density at radius 1 is 1.29 bits per heavy atom. The van der Waals surface area contributed by atoms with E-state index < -0.39 is 0 Å². The molecule has 17 heavy (non-hydrogen) atoms. The van der Waals surface area contributed by atoms with Crippen molar-refractivity contribution < 1.29 is 9.47 Å². The van der Waals surface area contributed by atoms with Crippen LogP contribution in [0.4, 0.5) is 0 Å². The van der Waals surface area contributed by atoms with E-state index in [0.29, 0.717) is 12.5 Å². The number of nitrogens with one attached hydrogen (secondary N) is 1. The van der Waals surface area contributed by atoms with E-state index in [1.807, 2.05) is 18.2 Å². The van der Waals surface area contributed by atoms with E-state index in [1.54, 1.807) is 7.11 Å². The molecule has 96 valence electrons. The molecule has 1 aromatic rings. The largest absolute Gasteiger partial charge is 0.478 e. The molecule has 0 unspecified atom stereocenters. The lowest BCUT2D eigenvalue weighted by Crippen LogP contribution is -2.15. The van der Waals surface area contributed by atoms with Gasteiger partial charge in [0.2, 0.25) is 5.88 Å². The Bertz CT molecular complexity index is 305. The summed E-state index contributed by atoms with van der Waals surface area (Å²) in [5.41, 5.74) is 1.02. The molecule has 0 radical (unpaired) electrons. The van der Waals surface area contributed by atoms with Crippen molar-refractivity contribution in [2.45, 2.75) is 26.3 Å². The molecule has 4 heteroatoms. The molecule has 0 atom stereocenters. The van der Waals surface area contributed by atoms with Crippen molar-refractivity contribution in [1.29, 1.82) is 0 Å². The fraction of sp³-hybridized carbons (Fsp3) is 0.615. The predicted molar refractivity (Wildman–Crippen MR) is 68.2 cm³/mol. The standard InChI is InChI=1S/C13H22N2O2/c1-3-8-14-11-12-6-4-7-13(15-12)17-10-5-9-16-2/h4,6-7,14H,3,5,8-11H2,1-2H3. The smallest absolute Gasteiger partial charge is 0.213 e. The van der Waals surface area contributed by atoms with Gasteiger partial charge in [0.1, 0.15) is 0 Å². The minimum absolute atomic E-state index is 0.646. The van der Waals surface area contributed by atoms with Gasteiger partial charge < -0.3 is 14.8 Å². The third-order valence-electron chi connectivity index (χ3n) is 2.26. The number of pyridine rings is 1. The Labute approximate surface area is 103 Å². The Hall–Kier alpha value is -1.13. The van der Waals surface area contributed by atoms with Crippen LogP contribution in [0.3, 0.4) is 0 Å². The van der Waals surface area contributed by atoms with Crippen molar-refractivity contribution in [3.8, 4) is 5.88 Å². The van der Waals surface area contributed by atoms with Gasteiger partial charge in [-0.2, -0.15) is 0 Å². The SMILES string of the molecule is CCCNCc1cccc(OCCCOC)n1. The highest BCUT2D eigenvalue weighted by Gasteiger charge is 1.98. The molecule has 1 heterocycles. The minimum atomic E-state index is 0.646. The van der Waals surface area contributed by atoms with E-state index in [4.69, 9.17) is 9.47 Å². The average molecular weight is 238 g/mol. The molecule has 0 fully saturated rings. The van der Waals surface area contributed by atoms with E-state index >= 15 is 0 Å². The Balaban J connectivity index is 2.31. The van der Waals surface area contributed by atoms with Crippen molar-refractivity contribution in [2.24, 2.45) is 0 Å². The zero-order chi connectivity index (χ0) is 12.3. The highest BCUT2D eigenvalue weighted by molar-refractivity contribution is 5.15. The number of ether oxygens (including phenoxy) is 2. The minimum Gasteiger partial charge on any atom is -0.478 e. The van der Waals surface area contributed by atoms with Crippen LogP contribution >= 0.6 is 0 Å². The maximum Gasteiger partial charge on any atom is 0.213 e. The molecule has 0 aliphatic rings. The fourth-order valence-electron chi connectivity index (χ4n) is 1.41. The van der Waals surface area contributed by atoms with Gasteiger partial charge in [-0.15, -0.1) is 0 Å². The second-order valence-electron chi connectivity index (χ2n) is 3.84. The number of rotatable bonds is 9. The molecule has 0 bridgehead atoms. The number of nitrogens with zero attached hydrogens (tertiary/aromatic N) is 1. The van der Waals surface area contributed by atoms with Gasteiger partial charge in [-0.1, -0.05) is 13.0 Å². The molecule has 0 aromatic carbocycles. The van der Waals surface area contributed by atoms with Gasteiger partial charge in [-0.3, -0.25) is 0 Å². The molecule has 0 saturated heterocycles. The molecule has 4 nitrogen and oxygen atoms in total. The number of aromatic nitrogens is 1. The fourth-order valence-corrected chi connectivity index (χ4v) is 1.41. The third kappa shape index (κ3) is 6.24. The van der Waals surface area contributed by atoms with Gasteiger partial charge in [-0.05, 0) is 19.0 Å². The second-order valence-corrected chi connectivity index (χ2v) is 3.84. The highest BCUT2D eigenvalue weighted by Crippen LogP contribution is 2.07. The molecule has 1 aromatic heterocycles. The molecule has 0 spiro atoms. The average Bonchev–Trinajstić information content (AvgIpc) is 2.36. The summed E-state index contributed by atoms with van der Waals surface area (Å²) < 4.78 is 10.5. The predicted octanol–water partition coefficient (Wildman–Crippen LogP) is 2.00. The monoisotopic (exact) mass is 238 g/mol. The van der Waals surface area contributed by atoms with Gasteiger partial charge in [0.05, 0.1) is 12.3 Å². The van der Waals surface area contributed by atoms with E-state index in [-0.39, 0.29) is 0 Å². The van der Waals surface area contributed by atoms with Crippen LogP contribution in [0.25, 0.3) is 0 Å². The van der Waals surface area contributed by atoms with Crippen molar-refractivity contribution in [3.05, 3.63) is 23.9 Å². The van der Waals surface area contributed by atoms with E-state index in [2.05, 4.69) is 17.2 Å². The maximum atomic E-state index is 5.54. The molecule has 0 amide bonds. The summed E-state index contributed by atoms with van der Waals surface area (Å²) in [6.45, 7) is 5.32. The second kappa shape index (κ2) is 8.96. The summed E-state index contributed by atoms with van der Waals surface area (Å²) in [6, 6.07) is 5.86. The van der Waals surface area contributed by atoms with Crippen LogP contribution in [-0.2, 0) is 11.3 Å². The lowest BCUT2D eigenvalue weighted by Gasteiger charge is -2.07. The van der Waals surface area contributed by atoms with Crippen LogP contribution in [0.5, 0.6) is 5.88 Å². The van der Waals surface area contributed by atoms with Gasteiger partial charge in [0.25, 0.3) is 0 Å². The van der Waals surface area contributed by atoms with Gasteiger partial charge >= 0.3 is 0 Å². The van der Waals surface area contributed by atoms with Crippen molar-refractivity contribution in [3.63, 3.8) is 0 Å². The van der Waals surface area contributed by atoms with Crippen LogP contribution in [0.1, 0.15) is 25.5 Å². The quantitative estimate of drug-likeness (QED) is 0.668. The van der Waals surface area contributed by atoms with Crippen LogP contribution < -0.4 is 10.1 Å². The molecular weight excluding hydrogens is 216 g/mol. The highest BCUT2D eigenvalue weighted by atomic mass is 16.5. The van der Waals surface area contributed by atoms with Gasteiger partial charge in [0, 0.05) is 32.7 Å². The summed E-state index contributed by atoms with van der Waals surface area (Å²) in [5.74, 6) is 0.692. The first kappa shape index (κ1) is 13.9. The van der Waals surface area contributed by atoms with E-state index in [0.717, 1.165) is 38.2 Å². The topological polar surface area (TPSA) is 43.4 Å². The van der Waals surface area contributed by atoms with Crippen molar-refractivity contribution >= 4 is 0 Å². The summed E-state index contributed by atoms with van der Waals surface area (Å²) >= 11 is 0. The zero-order valence-electron chi connectivity index (χ0n) is 10.7. The van der Waals surface area contributed by atoms with Crippen LogP contribution in [-0.4, -0.2) is 31.9 Å². The normalized spacial score (nSPS) is 10.5. The molecule has 0 saturated carbocycles. The summed E-state index contributed by atoms with van der Waals surface area (Å²) in [4.78, 5) is 4.42. The molecule has 1 rings (SSSR count). The summed E-state index contributed by atoms with van der Waals surface area (Å²) in [5, 5.41) is 3.32.